The first kappa shape index (κ1) is 17.4. The molecule has 1 N–H and O–H groups in total. The van der Waals surface area contributed by atoms with Gasteiger partial charge in [-0.25, -0.2) is 4.79 Å². The molecule has 0 aliphatic heterocycles. The first-order chi connectivity index (χ1) is 12.5. The lowest BCUT2D eigenvalue weighted by molar-refractivity contribution is 0.0695. The fourth-order valence-electron chi connectivity index (χ4n) is 3.09. The van der Waals surface area contributed by atoms with Gasteiger partial charge >= 0.3 is 5.97 Å². The third kappa shape index (κ3) is 2.98. The van der Waals surface area contributed by atoms with Crippen molar-refractivity contribution in [2.24, 2.45) is 0 Å². The zero-order valence-electron chi connectivity index (χ0n) is 14.8. The molecule has 0 aliphatic rings. The highest BCUT2D eigenvalue weighted by Gasteiger charge is 2.17. The molecular weight excluding hydrogens is 328 g/mol. The van der Waals surface area contributed by atoms with Crippen LogP contribution in [0, 0.1) is 11.3 Å². The molecular formula is C21H18N2O3. The summed E-state index contributed by atoms with van der Waals surface area (Å²) in [5.41, 5.74) is 3.72. The maximum Gasteiger partial charge on any atom is 0.335 e. The van der Waals surface area contributed by atoms with Crippen LogP contribution in [0.2, 0.25) is 0 Å². The predicted octanol–water partition coefficient (Wildman–Crippen LogP) is 4.60. The minimum atomic E-state index is -0.954. The number of nitriles is 1. The van der Waals surface area contributed by atoms with Crippen LogP contribution in [0.25, 0.3) is 22.0 Å². The average molecular weight is 346 g/mol. The molecule has 1 aromatic heterocycles. The van der Waals surface area contributed by atoms with E-state index in [1.54, 1.807) is 19.2 Å². The molecule has 3 aromatic rings. The molecule has 0 bridgehead atoms. The average Bonchev–Trinajstić information content (AvgIpc) is 2.65. The van der Waals surface area contributed by atoms with Gasteiger partial charge in [-0.3, -0.25) is 4.98 Å². The highest BCUT2D eigenvalue weighted by Crippen LogP contribution is 2.35. The maximum absolute atomic E-state index is 11.5. The van der Waals surface area contributed by atoms with Gasteiger partial charge in [-0.2, -0.15) is 5.26 Å². The summed E-state index contributed by atoms with van der Waals surface area (Å²) >= 11 is 0. The molecule has 0 fully saturated rings. The Morgan fingerprint density at radius 2 is 2.00 bits per heavy atom. The van der Waals surface area contributed by atoms with Crippen LogP contribution < -0.4 is 4.74 Å². The normalized spacial score (nSPS) is 10.7. The SMILES string of the molecule is COc1ccc2c(-c3ccc(C(=O)O)c(C(C)C)c3)c(C#N)cnc2c1. The van der Waals surface area contributed by atoms with E-state index in [9.17, 15) is 15.2 Å². The number of fused-ring (bicyclic) bond motifs is 1. The Morgan fingerprint density at radius 1 is 1.23 bits per heavy atom. The number of methoxy groups -OCH3 is 1. The van der Waals surface area contributed by atoms with Crippen LogP contribution in [0.4, 0.5) is 0 Å². The van der Waals surface area contributed by atoms with Gasteiger partial charge in [0, 0.05) is 23.2 Å². The molecule has 0 amide bonds. The number of hydrogen-bond acceptors (Lipinski definition) is 4. The summed E-state index contributed by atoms with van der Waals surface area (Å²) < 4.78 is 5.25. The molecule has 0 aliphatic carbocycles. The second kappa shape index (κ2) is 6.85. The molecule has 0 spiro atoms. The fraction of sp³-hybridized carbons (Fsp3) is 0.190. The van der Waals surface area contributed by atoms with Gasteiger partial charge < -0.3 is 9.84 Å². The minimum absolute atomic E-state index is 0.0415. The van der Waals surface area contributed by atoms with Gasteiger partial charge in [0.15, 0.2) is 0 Å². The second-order valence-electron chi connectivity index (χ2n) is 6.30. The van der Waals surface area contributed by atoms with Gasteiger partial charge in [0.2, 0.25) is 0 Å². The number of nitrogens with zero attached hydrogens (tertiary/aromatic N) is 2. The topological polar surface area (TPSA) is 83.2 Å². The van der Waals surface area contributed by atoms with E-state index in [-0.39, 0.29) is 11.5 Å². The Balaban J connectivity index is 2.32. The summed E-state index contributed by atoms with van der Waals surface area (Å²) in [4.78, 5) is 15.9. The van der Waals surface area contributed by atoms with Crippen LogP contribution in [-0.4, -0.2) is 23.2 Å². The first-order valence-corrected chi connectivity index (χ1v) is 8.20. The molecule has 26 heavy (non-hydrogen) atoms. The van der Waals surface area contributed by atoms with Crippen LogP contribution in [0.1, 0.15) is 41.3 Å². The lowest BCUT2D eigenvalue weighted by Gasteiger charge is -2.14. The number of ether oxygens (including phenoxy) is 1. The van der Waals surface area contributed by atoms with Gasteiger partial charge in [0.05, 0.1) is 23.8 Å². The molecule has 1 heterocycles. The van der Waals surface area contributed by atoms with Crippen LogP contribution >= 0.6 is 0 Å². The number of aromatic nitrogens is 1. The van der Waals surface area contributed by atoms with Crippen molar-refractivity contribution in [3.8, 4) is 22.9 Å². The predicted molar refractivity (Wildman–Crippen MR) is 99.5 cm³/mol. The number of benzene rings is 2. The molecule has 0 atom stereocenters. The largest absolute Gasteiger partial charge is 0.497 e. The van der Waals surface area contributed by atoms with E-state index < -0.39 is 5.97 Å². The van der Waals surface area contributed by atoms with E-state index in [0.717, 1.165) is 22.1 Å². The zero-order valence-corrected chi connectivity index (χ0v) is 14.8. The summed E-state index contributed by atoms with van der Waals surface area (Å²) in [6, 6.07) is 12.9. The number of carboxylic acids is 1. The molecule has 0 radical (unpaired) electrons. The van der Waals surface area contributed by atoms with Crippen molar-refractivity contribution in [2.75, 3.05) is 7.11 Å². The molecule has 5 heteroatoms. The van der Waals surface area contributed by atoms with E-state index in [1.807, 2.05) is 38.1 Å². The van der Waals surface area contributed by atoms with E-state index in [2.05, 4.69) is 11.1 Å². The third-order valence-corrected chi connectivity index (χ3v) is 4.39. The Hall–Kier alpha value is -3.39. The number of rotatable bonds is 4. The van der Waals surface area contributed by atoms with Crippen LogP contribution in [0.5, 0.6) is 5.75 Å². The highest BCUT2D eigenvalue weighted by molar-refractivity contribution is 5.99. The lowest BCUT2D eigenvalue weighted by Crippen LogP contribution is -2.04. The monoisotopic (exact) mass is 346 g/mol. The van der Waals surface area contributed by atoms with Gasteiger partial charge in [-0.15, -0.1) is 0 Å². The van der Waals surface area contributed by atoms with Crippen molar-refractivity contribution in [1.82, 2.24) is 4.98 Å². The quantitative estimate of drug-likeness (QED) is 0.746. The van der Waals surface area contributed by atoms with Gasteiger partial charge in [-0.1, -0.05) is 19.9 Å². The molecule has 3 rings (SSSR count). The smallest absolute Gasteiger partial charge is 0.335 e. The molecule has 5 nitrogen and oxygen atoms in total. The van der Waals surface area contributed by atoms with E-state index in [1.165, 1.54) is 6.20 Å². The summed E-state index contributed by atoms with van der Waals surface area (Å²) in [6.45, 7) is 3.90. The van der Waals surface area contributed by atoms with Gasteiger partial charge in [0.1, 0.15) is 11.8 Å². The highest BCUT2D eigenvalue weighted by atomic mass is 16.5. The van der Waals surface area contributed by atoms with Crippen LogP contribution in [-0.2, 0) is 0 Å². The zero-order chi connectivity index (χ0) is 18.8. The molecule has 0 saturated carbocycles. The Morgan fingerprint density at radius 3 is 2.62 bits per heavy atom. The number of aromatic carboxylic acids is 1. The van der Waals surface area contributed by atoms with Gasteiger partial charge in [0.25, 0.3) is 0 Å². The van der Waals surface area contributed by atoms with Crippen LogP contribution in [0.3, 0.4) is 0 Å². The van der Waals surface area contributed by atoms with Gasteiger partial charge in [-0.05, 0) is 41.3 Å². The van der Waals surface area contributed by atoms with E-state index in [4.69, 9.17) is 4.74 Å². The first-order valence-electron chi connectivity index (χ1n) is 8.20. The standard InChI is InChI=1S/C21H18N2O3/c1-12(2)18-8-13(4-6-16(18)21(24)25)20-14(10-22)11-23-19-9-15(26-3)5-7-17(19)20/h4-9,11-12H,1-3H3,(H,24,25). The van der Waals surface area contributed by atoms with Crippen molar-refractivity contribution in [3.63, 3.8) is 0 Å². The summed E-state index contributed by atoms with van der Waals surface area (Å²) in [5.74, 6) is -0.227. The Bertz CT molecular complexity index is 1050. The van der Waals surface area contributed by atoms with Crippen molar-refractivity contribution in [1.29, 1.82) is 5.26 Å². The summed E-state index contributed by atoms with van der Waals surface area (Å²) in [5, 5.41) is 19.8. The summed E-state index contributed by atoms with van der Waals surface area (Å²) in [6.07, 6.45) is 1.54. The molecule has 130 valence electrons. The number of carbonyl (C=O) groups is 1. The van der Waals surface area contributed by atoms with Crippen molar-refractivity contribution < 1.29 is 14.6 Å². The third-order valence-electron chi connectivity index (χ3n) is 4.39. The molecule has 0 unspecified atom stereocenters. The van der Waals surface area contributed by atoms with Crippen molar-refractivity contribution >= 4 is 16.9 Å². The number of pyridine rings is 1. The van der Waals surface area contributed by atoms with Crippen molar-refractivity contribution in [2.45, 2.75) is 19.8 Å². The minimum Gasteiger partial charge on any atom is -0.497 e. The van der Waals surface area contributed by atoms with Crippen LogP contribution in [0.15, 0.2) is 42.6 Å². The Kier molecular flexibility index (Phi) is 4.59. The van der Waals surface area contributed by atoms with E-state index in [0.29, 0.717) is 16.8 Å². The van der Waals surface area contributed by atoms with Crippen molar-refractivity contribution in [3.05, 3.63) is 59.3 Å². The Labute approximate surface area is 151 Å². The fourth-order valence-corrected chi connectivity index (χ4v) is 3.09. The maximum atomic E-state index is 11.5. The second-order valence-corrected chi connectivity index (χ2v) is 6.30. The lowest BCUT2D eigenvalue weighted by atomic mass is 9.90. The molecule has 0 saturated heterocycles. The number of hydrogen-bond donors (Lipinski definition) is 1. The molecule has 2 aromatic carbocycles. The summed E-state index contributed by atoms with van der Waals surface area (Å²) in [7, 11) is 1.59. The number of carboxylic acid groups (broad SMARTS) is 1. The van der Waals surface area contributed by atoms with E-state index >= 15 is 0 Å².